The summed E-state index contributed by atoms with van der Waals surface area (Å²) in [6, 6.07) is 14.5. The van der Waals surface area contributed by atoms with E-state index in [9.17, 15) is 9.59 Å². The highest BCUT2D eigenvalue weighted by Crippen LogP contribution is 2.20. The Morgan fingerprint density at radius 1 is 0.889 bits per heavy atom. The van der Waals surface area contributed by atoms with Gasteiger partial charge in [-0.05, 0) is 62.2 Å². The van der Waals surface area contributed by atoms with Crippen molar-refractivity contribution in [3.05, 3.63) is 76.5 Å². The standard InChI is InChI=1S/C21H22N4O2/c1-13-8-14(2)10-18(9-13)25-19(11-15(3)24-25)23-21(27)17-7-5-6-16(12-17)20(26)22-4/h5-12H,1-4H3,(H,22,26)(H,23,27). The van der Waals surface area contributed by atoms with E-state index < -0.39 is 0 Å². The lowest BCUT2D eigenvalue weighted by Crippen LogP contribution is -2.19. The third kappa shape index (κ3) is 4.06. The Bertz CT molecular complexity index is 1000. The number of carbonyl (C=O) groups is 2. The van der Waals surface area contributed by atoms with E-state index in [0.29, 0.717) is 16.9 Å². The molecule has 0 saturated heterocycles. The van der Waals surface area contributed by atoms with Gasteiger partial charge in [-0.3, -0.25) is 9.59 Å². The number of benzene rings is 2. The van der Waals surface area contributed by atoms with Crippen LogP contribution >= 0.6 is 0 Å². The van der Waals surface area contributed by atoms with Gasteiger partial charge in [0.25, 0.3) is 11.8 Å². The molecule has 0 atom stereocenters. The Balaban J connectivity index is 1.92. The second-order valence-corrected chi connectivity index (χ2v) is 6.54. The number of hydrogen-bond acceptors (Lipinski definition) is 3. The molecule has 0 fully saturated rings. The monoisotopic (exact) mass is 362 g/mol. The van der Waals surface area contributed by atoms with E-state index >= 15 is 0 Å². The van der Waals surface area contributed by atoms with Gasteiger partial charge in [0, 0.05) is 24.2 Å². The minimum absolute atomic E-state index is 0.235. The molecule has 2 N–H and O–H groups in total. The largest absolute Gasteiger partial charge is 0.355 e. The molecule has 1 heterocycles. The van der Waals surface area contributed by atoms with E-state index in [1.54, 1.807) is 36.0 Å². The van der Waals surface area contributed by atoms with Gasteiger partial charge >= 0.3 is 0 Å². The van der Waals surface area contributed by atoms with Gasteiger partial charge in [-0.2, -0.15) is 5.10 Å². The van der Waals surface area contributed by atoms with Crippen molar-refractivity contribution >= 4 is 17.6 Å². The molecule has 0 aliphatic rings. The van der Waals surface area contributed by atoms with Crippen molar-refractivity contribution < 1.29 is 9.59 Å². The number of anilines is 1. The highest BCUT2D eigenvalue weighted by molar-refractivity contribution is 6.05. The second kappa shape index (κ2) is 7.45. The molecule has 27 heavy (non-hydrogen) atoms. The summed E-state index contributed by atoms with van der Waals surface area (Å²) in [6.45, 7) is 5.92. The first-order chi connectivity index (χ1) is 12.9. The van der Waals surface area contributed by atoms with E-state index in [2.05, 4.69) is 21.8 Å². The first-order valence-electron chi connectivity index (χ1n) is 8.66. The van der Waals surface area contributed by atoms with Crippen LogP contribution in [0, 0.1) is 20.8 Å². The Morgan fingerprint density at radius 2 is 1.52 bits per heavy atom. The third-order valence-electron chi connectivity index (χ3n) is 4.14. The van der Waals surface area contributed by atoms with Crippen LogP contribution in [0.15, 0.2) is 48.5 Å². The number of aromatic nitrogens is 2. The van der Waals surface area contributed by atoms with E-state index in [1.807, 2.05) is 39.0 Å². The van der Waals surface area contributed by atoms with Crippen LogP contribution in [0.5, 0.6) is 0 Å². The summed E-state index contributed by atoms with van der Waals surface area (Å²) in [4.78, 5) is 24.5. The first kappa shape index (κ1) is 18.4. The molecule has 0 spiro atoms. The number of carbonyl (C=O) groups excluding carboxylic acids is 2. The number of aryl methyl sites for hydroxylation is 3. The molecule has 0 unspecified atom stereocenters. The number of hydrogen-bond donors (Lipinski definition) is 2. The summed E-state index contributed by atoms with van der Waals surface area (Å²) in [6.07, 6.45) is 0. The van der Waals surface area contributed by atoms with E-state index in [1.165, 1.54) is 0 Å². The zero-order chi connectivity index (χ0) is 19.6. The molecule has 2 aromatic carbocycles. The number of nitrogens with zero attached hydrogens (tertiary/aromatic N) is 2. The summed E-state index contributed by atoms with van der Waals surface area (Å²) < 4.78 is 1.72. The fraction of sp³-hybridized carbons (Fsp3) is 0.190. The van der Waals surface area contributed by atoms with Crippen LogP contribution in [-0.2, 0) is 0 Å². The Labute approximate surface area is 158 Å². The van der Waals surface area contributed by atoms with Gasteiger partial charge in [0.1, 0.15) is 5.82 Å². The molecule has 0 aliphatic carbocycles. The maximum Gasteiger partial charge on any atom is 0.256 e. The topological polar surface area (TPSA) is 76.0 Å². The molecule has 0 aliphatic heterocycles. The van der Waals surface area contributed by atoms with Gasteiger partial charge in [-0.15, -0.1) is 0 Å². The molecule has 2 amide bonds. The minimum Gasteiger partial charge on any atom is -0.355 e. The van der Waals surface area contributed by atoms with Crippen LogP contribution in [0.3, 0.4) is 0 Å². The van der Waals surface area contributed by atoms with Gasteiger partial charge in [0.05, 0.1) is 11.4 Å². The Hall–Kier alpha value is -3.41. The fourth-order valence-corrected chi connectivity index (χ4v) is 2.99. The SMILES string of the molecule is CNC(=O)c1cccc(C(=O)Nc2cc(C)nn2-c2cc(C)cc(C)c2)c1. The zero-order valence-electron chi connectivity index (χ0n) is 15.8. The van der Waals surface area contributed by atoms with Gasteiger partial charge in [0.15, 0.2) is 0 Å². The van der Waals surface area contributed by atoms with Crippen LogP contribution in [0.25, 0.3) is 5.69 Å². The first-order valence-corrected chi connectivity index (χ1v) is 8.66. The molecule has 0 saturated carbocycles. The van der Waals surface area contributed by atoms with Crippen molar-refractivity contribution in [2.75, 3.05) is 12.4 Å². The normalized spacial score (nSPS) is 10.5. The van der Waals surface area contributed by atoms with Crippen molar-refractivity contribution in [1.82, 2.24) is 15.1 Å². The molecule has 0 bridgehead atoms. The van der Waals surface area contributed by atoms with E-state index in [4.69, 9.17) is 0 Å². The maximum atomic E-state index is 12.7. The zero-order valence-corrected chi connectivity index (χ0v) is 15.8. The molecular formula is C21H22N4O2. The maximum absolute atomic E-state index is 12.7. The van der Waals surface area contributed by atoms with Crippen LogP contribution in [-0.4, -0.2) is 28.6 Å². The van der Waals surface area contributed by atoms with Gasteiger partial charge in [0.2, 0.25) is 0 Å². The van der Waals surface area contributed by atoms with Gasteiger partial charge in [-0.25, -0.2) is 4.68 Å². The van der Waals surface area contributed by atoms with Crippen LogP contribution in [0.2, 0.25) is 0 Å². The third-order valence-corrected chi connectivity index (χ3v) is 4.14. The van der Waals surface area contributed by atoms with Crippen molar-refractivity contribution in [3.8, 4) is 5.69 Å². The molecule has 6 heteroatoms. The summed E-state index contributed by atoms with van der Waals surface area (Å²) in [5.41, 5.74) is 4.76. The van der Waals surface area contributed by atoms with E-state index in [0.717, 1.165) is 22.5 Å². The summed E-state index contributed by atoms with van der Waals surface area (Å²) in [7, 11) is 1.56. The quantitative estimate of drug-likeness (QED) is 0.747. The minimum atomic E-state index is -0.300. The highest BCUT2D eigenvalue weighted by atomic mass is 16.2. The lowest BCUT2D eigenvalue weighted by atomic mass is 10.1. The highest BCUT2D eigenvalue weighted by Gasteiger charge is 2.14. The number of nitrogens with one attached hydrogen (secondary N) is 2. The van der Waals surface area contributed by atoms with Crippen LogP contribution in [0.4, 0.5) is 5.82 Å². The Kier molecular flexibility index (Phi) is 5.07. The van der Waals surface area contributed by atoms with Gasteiger partial charge in [-0.1, -0.05) is 12.1 Å². The molecule has 6 nitrogen and oxygen atoms in total. The summed E-state index contributed by atoms with van der Waals surface area (Å²) >= 11 is 0. The Morgan fingerprint density at radius 3 is 2.15 bits per heavy atom. The molecule has 138 valence electrons. The smallest absolute Gasteiger partial charge is 0.256 e. The molecule has 1 aromatic heterocycles. The van der Waals surface area contributed by atoms with Crippen LogP contribution < -0.4 is 10.6 Å². The summed E-state index contributed by atoms with van der Waals surface area (Å²) in [5.74, 6) is 0.0416. The van der Waals surface area contributed by atoms with Gasteiger partial charge < -0.3 is 10.6 Å². The van der Waals surface area contributed by atoms with Crippen molar-refractivity contribution in [2.24, 2.45) is 0 Å². The predicted molar refractivity (Wildman–Crippen MR) is 106 cm³/mol. The molecular weight excluding hydrogens is 340 g/mol. The molecule has 0 radical (unpaired) electrons. The average molecular weight is 362 g/mol. The number of rotatable bonds is 4. The molecule has 3 aromatic rings. The van der Waals surface area contributed by atoms with Crippen molar-refractivity contribution in [3.63, 3.8) is 0 Å². The second-order valence-electron chi connectivity index (χ2n) is 6.54. The lowest BCUT2D eigenvalue weighted by molar-refractivity contribution is 0.0963. The van der Waals surface area contributed by atoms with Crippen molar-refractivity contribution in [1.29, 1.82) is 0 Å². The lowest BCUT2D eigenvalue weighted by Gasteiger charge is -2.11. The average Bonchev–Trinajstić information content (AvgIpc) is 3.00. The predicted octanol–water partition coefficient (Wildman–Crippen LogP) is 3.41. The number of amides is 2. The summed E-state index contributed by atoms with van der Waals surface area (Å²) in [5, 5.41) is 9.96. The molecule has 3 rings (SSSR count). The van der Waals surface area contributed by atoms with Crippen LogP contribution in [0.1, 0.15) is 37.5 Å². The van der Waals surface area contributed by atoms with E-state index in [-0.39, 0.29) is 11.8 Å². The fourth-order valence-electron chi connectivity index (χ4n) is 2.99. The van der Waals surface area contributed by atoms with Crippen molar-refractivity contribution in [2.45, 2.75) is 20.8 Å².